The molecule has 0 aliphatic carbocycles. The van der Waals surface area contributed by atoms with Crippen molar-refractivity contribution < 1.29 is 13.9 Å². The zero-order valence-corrected chi connectivity index (χ0v) is 9.26. The molecule has 0 radical (unpaired) electrons. The zero-order valence-electron chi connectivity index (χ0n) is 9.26. The highest BCUT2D eigenvalue weighted by Gasteiger charge is 2.21. The Morgan fingerprint density at radius 1 is 0.941 bits per heavy atom. The maximum Gasteiger partial charge on any atom is 0.217 e. The van der Waals surface area contributed by atoms with E-state index in [9.17, 15) is 0 Å². The number of benzene rings is 1. The van der Waals surface area contributed by atoms with Crippen LogP contribution in [0.1, 0.15) is 12.1 Å². The van der Waals surface area contributed by atoms with Crippen molar-refractivity contribution in [3.8, 4) is 11.3 Å². The van der Waals surface area contributed by atoms with E-state index in [0.717, 1.165) is 17.0 Å². The lowest BCUT2D eigenvalue weighted by Crippen LogP contribution is -1.94. The molecule has 2 aromatic rings. The van der Waals surface area contributed by atoms with Crippen molar-refractivity contribution in [3.63, 3.8) is 0 Å². The predicted molar refractivity (Wildman–Crippen MR) is 63.2 cm³/mol. The van der Waals surface area contributed by atoms with Crippen LogP contribution in [0, 0.1) is 0 Å². The molecule has 2 N–H and O–H groups in total. The summed E-state index contributed by atoms with van der Waals surface area (Å²) in [5.41, 5.74) is 7.37. The summed E-state index contributed by atoms with van der Waals surface area (Å²) >= 11 is 0. The van der Waals surface area contributed by atoms with Gasteiger partial charge < -0.3 is 19.6 Å². The smallest absolute Gasteiger partial charge is 0.217 e. The summed E-state index contributed by atoms with van der Waals surface area (Å²) < 4.78 is 16.4. The fraction of sp³-hybridized carbons (Fsp3) is 0.231. The van der Waals surface area contributed by atoms with Gasteiger partial charge in [-0.3, -0.25) is 0 Å². The fourth-order valence-electron chi connectivity index (χ4n) is 1.80. The SMILES string of the molecule is Nc1ccc(-c2ccc(C3OCCO3)o2)cc1. The number of anilines is 1. The van der Waals surface area contributed by atoms with Gasteiger partial charge in [0.05, 0.1) is 13.2 Å². The van der Waals surface area contributed by atoms with Gasteiger partial charge in [0.25, 0.3) is 0 Å². The lowest BCUT2D eigenvalue weighted by molar-refractivity contribution is -0.0585. The van der Waals surface area contributed by atoms with E-state index in [-0.39, 0.29) is 6.29 Å². The van der Waals surface area contributed by atoms with Crippen LogP contribution in [-0.2, 0) is 9.47 Å². The number of ether oxygens (including phenoxy) is 2. The minimum atomic E-state index is -0.363. The van der Waals surface area contributed by atoms with Crippen LogP contribution in [0.2, 0.25) is 0 Å². The van der Waals surface area contributed by atoms with E-state index in [2.05, 4.69) is 0 Å². The fourth-order valence-corrected chi connectivity index (χ4v) is 1.80. The summed E-state index contributed by atoms with van der Waals surface area (Å²) in [6.45, 7) is 1.23. The summed E-state index contributed by atoms with van der Waals surface area (Å²) in [7, 11) is 0. The number of furan rings is 1. The highest BCUT2D eigenvalue weighted by Crippen LogP contribution is 2.29. The van der Waals surface area contributed by atoms with E-state index in [4.69, 9.17) is 19.6 Å². The molecule has 0 unspecified atom stereocenters. The monoisotopic (exact) mass is 231 g/mol. The number of hydrogen-bond donors (Lipinski definition) is 1. The molecule has 1 fully saturated rings. The van der Waals surface area contributed by atoms with Crippen LogP contribution in [0.15, 0.2) is 40.8 Å². The molecule has 1 aromatic heterocycles. The Kier molecular flexibility index (Phi) is 2.59. The van der Waals surface area contributed by atoms with Gasteiger partial charge in [0.1, 0.15) is 5.76 Å². The maximum absolute atomic E-state index is 5.70. The van der Waals surface area contributed by atoms with Crippen LogP contribution in [0.4, 0.5) is 5.69 Å². The molecule has 0 spiro atoms. The van der Waals surface area contributed by atoms with Crippen LogP contribution in [0.3, 0.4) is 0 Å². The Morgan fingerprint density at radius 3 is 2.35 bits per heavy atom. The lowest BCUT2D eigenvalue weighted by Gasteiger charge is -2.04. The van der Waals surface area contributed by atoms with Gasteiger partial charge in [-0.05, 0) is 36.4 Å². The minimum Gasteiger partial charge on any atom is -0.456 e. The summed E-state index contributed by atoms with van der Waals surface area (Å²) in [5.74, 6) is 1.49. The summed E-state index contributed by atoms with van der Waals surface area (Å²) in [6, 6.07) is 11.3. The quantitative estimate of drug-likeness (QED) is 0.807. The molecule has 1 saturated heterocycles. The summed E-state index contributed by atoms with van der Waals surface area (Å²) in [4.78, 5) is 0. The molecule has 1 aliphatic rings. The van der Waals surface area contributed by atoms with Gasteiger partial charge in [-0.15, -0.1) is 0 Å². The molecule has 88 valence electrons. The van der Waals surface area contributed by atoms with Crippen molar-refractivity contribution in [3.05, 3.63) is 42.2 Å². The van der Waals surface area contributed by atoms with Crippen molar-refractivity contribution in [2.24, 2.45) is 0 Å². The van der Waals surface area contributed by atoms with Gasteiger partial charge in [-0.2, -0.15) is 0 Å². The Morgan fingerprint density at radius 2 is 1.65 bits per heavy atom. The molecule has 1 aliphatic heterocycles. The van der Waals surface area contributed by atoms with E-state index in [1.807, 2.05) is 36.4 Å². The molecule has 3 rings (SSSR count). The lowest BCUT2D eigenvalue weighted by atomic mass is 10.1. The first kappa shape index (κ1) is 10.4. The maximum atomic E-state index is 5.70. The first-order valence-electron chi connectivity index (χ1n) is 5.52. The van der Waals surface area contributed by atoms with E-state index >= 15 is 0 Å². The second-order valence-corrected chi connectivity index (χ2v) is 3.90. The molecule has 0 atom stereocenters. The predicted octanol–water partition coefficient (Wildman–Crippen LogP) is 2.57. The first-order chi connectivity index (χ1) is 8.33. The Labute approximate surface area is 98.9 Å². The number of rotatable bonds is 2. The molecule has 4 heteroatoms. The van der Waals surface area contributed by atoms with Gasteiger partial charge in [0.2, 0.25) is 6.29 Å². The summed E-state index contributed by atoms with van der Waals surface area (Å²) in [6.07, 6.45) is -0.363. The second kappa shape index (κ2) is 4.24. The molecular formula is C13H13NO3. The van der Waals surface area contributed by atoms with Gasteiger partial charge in [-0.25, -0.2) is 0 Å². The molecule has 17 heavy (non-hydrogen) atoms. The van der Waals surface area contributed by atoms with Crippen molar-refractivity contribution in [1.82, 2.24) is 0 Å². The second-order valence-electron chi connectivity index (χ2n) is 3.90. The highest BCUT2D eigenvalue weighted by atomic mass is 16.7. The van der Waals surface area contributed by atoms with Crippen LogP contribution < -0.4 is 5.73 Å². The molecule has 0 amide bonds. The highest BCUT2D eigenvalue weighted by molar-refractivity contribution is 5.60. The van der Waals surface area contributed by atoms with Crippen LogP contribution >= 0.6 is 0 Å². The average molecular weight is 231 g/mol. The Balaban J connectivity index is 1.86. The van der Waals surface area contributed by atoms with Crippen molar-refractivity contribution in [2.45, 2.75) is 6.29 Å². The standard InChI is InChI=1S/C13H13NO3/c14-10-3-1-9(2-4-10)11-5-6-12(17-11)13-15-7-8-16-13/h1-6,13H,7-8,14H2. The van der Waals surface area contributed by atoms with Gasteiger partial charge in [-0.1, -0.05) is 0 Å². The largest absolute Gasteiger partial charge is 0.456 e. The number of nitrogen functional groups attached to an aromatic ring is 1. The molecule has 0 saturated carbocycles. The minimum absolute atomic E-state index is 0.363. The Bertz CT molecular complexity index is 498. The van der Waals surface area contributed by atoms with Crippen LogP contribution in [0.25, 0.3) is 11.3 Å². The van der Waals surface area contributed by atoms with Crippen LogP contribution in [-0.4, -0.2) is 13.2 Å². The molecule has 4 nitrogen and oxygen atoms in total. The number of hydrogen-bond acceptors (Lipinski definition) is 4. The molecule has 2 heterocycles. The normalized spacial score (nSPS) is 16.5. The average Bonchev–Trinajstić information content (AvgIpc) is 3.00. The van der Waals surface area contributed by atoms with E-state index in [1.54, 1.807) is 0 Å². The van der Waals surface area contributed by atoms with Crippen molar-refractivity contribution in [2.75, 3.05) is 18.9 Å². The third kappa shape index (κ3) is 2.05. The van der Waals surface area contributed by atoms with E-state index < -0.39 is 0 Å². The third-order valence-corrected chi connectivity index (χ3v) is 2.68. The van der Waals surface area contributed by atoms with Crippen LogP contribution in [0.5, 0.6) is 0 Å². The number of nitrogens with two attached hydrogens (primary N) is 1. The first-order valence-corrected chi connectivity index (χ1v) is 5.52. The van der Waals surface area contributed by atoms with Crippen molar-refractivity contribution >= 4 is 5.69 Å². The van der Waals surface area contributed by atoms with Crippen molar-refractivity contribution in [1.29, 1.82) is 0 Å². The molecule has 1 aromatic carbocycles. The van der Waals surface area contributed by atoms with Gasteiger partial charge >= 0.3 is 0 Å². The summed E-state index contributed by atoms with van der Waals surface area (Å²) in [5, 5.41) is 0. The topological polar surface area (TPSA) is 57.6 Å². The van der Waals surface area contributed by atoms with E-state index in [0.29, 0.717) is 19.0 Å². The van der Waals surface area contributed by atoms with Gasteiger partial charge in [0, 0.05) is 11.3 Å². The molecular weight excluding hydrogens is 218 g/mol. The third-order valence-electron chi connectivity index (χ3n) is 2.68. The molecule has 0 bridgehead atoms. The Hall–Kier alpha value is -1.78. The van der Waals surface area contributed by atoms with Gasteiger partial charge in [0.15, 0.2) is 5.76 Å². The van der Waals surface area contributed by atoms with E-state index in [1.165, 1.54) is 0 Å². The zero-order chi connectivity index (χ0) is 11.7.